The van der Waals surface area contributed by atoms with Crippen molar-refractivity contribution in [2.45, 2.75) is 59.3 Å². The molecule has 3 rings (SSSR count). The van der Waals surface area contributed by atoms with Gasteiger partial charge in [-0.05, 0) is 39.3 Å². The second-order valence-electron chi connectivity index (χ2n) is 6.54. The number of hydrogen-bond acceptors (Lipinski definition) is 5. The van der Waals surface area contributed by atoms with E-state index in [1.165, 1.54) is 12.5 Å². The van der Waals surface area contributed by atoms with Crippen LogP contribution in [0.4, 0.5) is 0 Å². The van der Waals surface area contributed by atoms with E-state index in [9.17, 15) is 4.79 Å². The van der Waals surface area contributed by atoms with Crippen molar-refractivity contribution in [1.29, 1.82) is 0 Å². The van der Waals surface area contributed by atoms with Gasteiger partial charge in [0.2, 0.25) is 5.91 Å². The third kappa shape index (κ3) is 4.22. The van der Waals surface area contributed by atoms with Gasteiger partial charge >= 0.3 is 0 Å². The molecule has 25 heavy (non-hydrogen) atoms. The van der Waals surface area contributed by atoms with Crippen LogP contribution in [0.15, 0.2) is 18.5 Å². The Morgan fingerprint density at radius 3 is 3.00 bits per heavy atom. The summed E-state index contributed by atoms with van der Waals surface area (Å²) in [7, 11) is 0. The largest absolute Gasteiger partial charge is 0.351 e. The topological polar surface area (TPSA) is 75.9 Å². The third-order valence-corrected chi connectivity index (χ3v) is 4.66. The number of amides is 1. The standard InChI is InChI=1S/C18H26N6O/c1-4-24-12-15(13(2)22-24)11-23-9-5-6-17(23)18-19-8-7-16(21-18)10-20-14(3)25/h7-8,12,17H,4-6,9-11H2,1-3H3,(H,20,25). The van der Waals surface area contributed by atoms with Crippen LogP contribution in [0.3, 0.4) is 0 Å². The van der Waals surface area contributed by atoms with Gasteiger partial charge in [0.1, 0.15) is 5.82 Å². The maximum absolute atomic E-state index is 11.1. The molecule has 2 aromatic heterocycles. The summed E-state index contributed by atoms with van der Waals surface area (Å²) in [4.78, 5) is 22.7. The SMILES string of the molecule is CCn1cc(CN2CCCC2c2nccc(CNC(C)=O)n2)c(C)n1. The van der Waals surface area contributed by atoms with Gasteiger partial charge in [0.25, 0.3) is 0 Å². The number of hydrogen-bond donors (Lipinski definition) is 1. The zero-order valence-electron chi connectivity index (χ0n) is 15.2. The van der Waals surface area contributed by atoms with Gasteiger partial charge < -0.3 is 5.32 Å². The quantitative estimate of drug-likeness (QED) is 0.869. The highest BCUT2D eigenvalue weighted by molar-refractivity contribution is 5.72. The van der Waals surface area contributed by atoms with Crippen LogP contribution in [0, 0.1) is 6.92 Å². The average molecular weight is 342 g/mol. The smallest absolute Gasteiger partial charge is 0.217 e. The normalized spacial score (nSPS) is 17.8. The molecule has 0 aliphatic carbocycles. The minimum absolute atomic E-state index is 0.0499. The summed E-state index contributed by atoms with van der Waals surface area (Å²) in [5.74, 6) is 0.798. The monoisotopic (exact) mass is 342 g/mol. The highest BCUT2D eigenvalue weighted by atomic mass is 16.1. The Kier molecular flexibility index (Phi) is 5.43. The molecule has 3 heterocycles. The molecule has 1 fully saturated rings. The summed E-state index contributed by atoms with van der Waals surface area (Å²) in [5, 5.41) is 7.34. The average Bonchev–Trinajstić information content (AvgIpc) is 3.20. The molecule has 7 heteroatoms. The molecular weight excluding hydrogens is 316 g/mol. The number of carbonyl (C=O) groups is 1. The first-order valence-electron chi connectivity index (χ1n) is 8.90. The van der Waals surface area contributed by atoms with Crippen molar-refractivity contribution in [1.82, 2.24) is 30.0 Å². The molecule has 1 saturated heterocycles. The van der Waals surface area contributed by atoms with Crippen molar-refractivity contribution in [3.8, 4) is 0 Å². The minimum Gasteiger partial charge on any atom is -0.351 e. The molecular formula is C18H26N6O. The lowest BCUT2D eigenvalue weighted by atomic mass is 10.2. The fourth-order valence-electron chi connectivity index (χ4n) is 3.29. The van der Waals surface area contributed by atoms with Crippen LogP contribution >= 0.6 is 0 Å². The third-order valence-electron chi connectivity index (χ3n) is 4.66. The van der Waals surface area contributed by atoms with E-state index in [4.69, 9.17) is 0 Å². The first-order valence-corrected chi connectivity index (χ1v) is 8.90. The summed E-state index contributed by atoms with van der Waals surface area (Å²) >= 11 is 0. The second kappa shape index (κ2) is 7.74. The van der Waals surface area contributed by atoms with Crippen LogP contribution in [0.25, 0.3) is 0 Å². The number of likely N-dealkylation sites (tertiary alicyclic amines) is 1. The molecule has 1 amide bonds. The van der Waals surface area contributed by atoms with Gasteiger partial charge in [0, 0.05) is 38.0 Å². The fraction of sp³-hybridized carbons (Fsp3) is 0.556. The Morgan fingerprint density at radius 1 is 1.44 bits per heavy atom. The molecule has 1 aliphatic heterocycles. The molecule has 1 aliphatic rings. The zero-order chi connectivity index (χ0) is 17.8. The van der Waals surface area contributed by atoms with Crippen LogP contribution in [0.2, 0.25) is 0 Å². The van der Waals surface area contributed by atoms with Crippen molar-refractivity contribution in [3.63, 3.8) is 0 Å². The van der Waals surface area contributed by atoms with Crippen molar-refractivity contribution >= 4 is 5.91 Å². The predicted octanol–water partition coefficient (Wildman–Crippen LogP) is 1.97. The highest BCUT2D eigenvalue weighted by Crippen LogP contribution is 2.31. The number of aromatic nitrogens is 4. The summed E-state index contributed by atoms with van der Waals surface area (Å²) in [6, 6.07) is 2.08. The van der Waals surface area contributed by atoms with E-state index in [-0.39, 0.29) is 11.9 Å². The minimum atomic E-state index is -0.0499. The van der Waals surface area contributed by atoms with E-state index >= 15 is 0 Å². The Morgan fingerprint density at radius 2 is 2.28 bits per heavy atom. The van der Waals surface area contributed by atoms with Gasteiger partial charge in [-0.25, -0.2) is 9.97 Å². The van der Waals surface area contributed by atoms with E-state index < -0.39 is 0 Å². The van der Waals surface area contributed by atoms with Crippen molar-refractivity contribution < 1.29 is 4.79 Å². The van der Waals surface area contributed by atoms with Crippen LogP contribution in [0.1, 0.15) is 55.5 Å². The first kappa shape index (κ1) is 17.5. The lowest BCUT2D eigenvalue weighted by molar-refractivity contribution is -0.119. The number of nitrogens with zero attached hydrogens (tertiary/aromatic N) is 5. The van der Waals surface area contributed by atoms with Crippen molar-refractivity contribution in [2.75, 3.05) is 6.54 Å². The molecule has 0 saturated carbocycles. The maximum atomic E-state index is 11.1. The molecule has 1 unspecified atom stereocenters. The zero-order valence-corrected chi connectivity index (χ0v) is 15.2. The van der Waals surface area contributed by atoms with Gasteiger partial charge in [-0.3, -0.25) is 14.4 Å². The van der Waals surface area contributed by atoms with Crippen molar-refractivity contribution in [3.05, 3.63) is 41.2 Å². The number of aryl methyl sites for hydroxylation is 2. The Labute approximate surface area is 148 Å². The lowest BCUT2D eigenvalue weighted by Crippen LogP contribution is -2.25. The van der Waals surface area contributed by atoms with Gasteiger partial charge in [0.05, 0.1) is 24.0 Å². The molecule has 0 radical (unpaired) electrons. The molecule has 7 nitrogen and oxygen atoms in total. The van der Waals surface area contributed by atoms with Crippen LogP contribution < -0.4 is 5.32 Å². The van der Waals surface area contributed by atoms with Gasteiger partial charge in [-0.1, -0.05) is 0 Å². The molecule has 2 aromatic rings. The van der Waals surface area contributed by atoms with Gasteiger partial charge in [-0.2, -0.15) is 5.10 Å². The molecule has 0 bridgehead atoms. The summed E-state index contributed by atoms with van der Waals surface area (Å²) < 4.78 is 1.99. The first-order chi connectivity index (χ1) is 12.1. The number of nitrogens with one attached hydrogen (secondary N) is 1. The molecule has 1 atom stereocenters. The summed E-state index contributed by atoms with van der Waals surface area (Å²) in [6.45, 7) is 8.93. The van der Waals surface area contributed by atoms with E-state index in [1.54, 1.807) is 6.20 Å². The van der Waals surface area contributed by atoms with E-state index in [2.05, 4.69) is 45.3 Å². The van der Waals surface area contributed by atoms with Crippen LogP contribution in [0.5, 0.6) is 0 Å². The summed E-state index contributed by atoms with van der Waals surface area (Å²) in [5.41, 5.74) is 3.21. The molecule has 1 N–H and O–H groups in total. The molecule has 134 valence electrons. The Bertz CT molecular complexity index is 741. The maximum Gasteiger partial charge on any atom is 0.217 e. The van der Waals surface area contributed by atoms with Crippen molar-refractivity contribution in [2.24, 2.45) is 0 Å². The molecule has 0 aromatic carbocycles. The van der Waals surface area contributed by atoms with Gasteiger partial charge in [0.15, 0.2) is 0 Å². The van der Waals surface area contributed by atoms with E-state index in [0.29, 0.717) is 6.54 Å². The Hall–Kier alpha value is -2.28. The van der Waals surface area contributed by atoms with Crippen LogP contribution in [-0.2, 0) is 24.4 Å². The van der Waals surface area contributed by atoms with Gasteiger partial charge in [-0.15, -0.1) is 0 Å². The predicted molar refractivity (Wildman–Crippen MR) is 94.6 cm³/mol. The Balaban J connectivity index is 1.73. The second-order valence-corrected chi connectivity index (χ2v) is 6.54. The van der Waals surface area contributed by atoms with E-state index in [0.717, 1.165) is 49.7 Å². The number of carbonyl (C=O) groups excluding carboxylic acids is 1. The lowest BCUT2D eigenvalue weighted by Gasteiger charge is -2.23. The fourth-order valence-corrected chi connectivity index (χ4v) is 3.29. The van der Waals surface area contributed by atoms with E-state index in [1.807, 2.05) is 10.7 Å². The molecule has 0 spiro atoms. The summed E-state index contributed by atoms with van der Waals surface area (Å²) in [6.07, 6.45) is 6.13. The number of rotatable bonds is 6. The van der Waals surface area contributed by atoms with Crippen LogP contribution in [-0.4, -0.2) is 37.1 Å². The highest BCUT2D eigenvalue weighted by Gasteiger charge is 2.29.